The topological polar surface area (TPSA) is 42.0 Å². The molecule has 0 aliphatic carbocycles. The lowest BCUT2D eigenvalue weighted by Gasteiger charge is -2.03. The molecule has 0 radical (unpaired) electrons. The lowest BCUT2D eigenvalue weighted by atomic mass is 10.3. The van der Waals surface area contributed by atoms with Gasteiger partial charge in [0.05, 0.1) is 11.4 Å². The van der Waals surface area contributed by atoms with Gasteiger partial charge in [0.1, 0.15) is 0 Å². The van der Waals surface area contributed by atoms with Crippen LogP contribution in [0, 0.1) is 12.9 Å². The molecule has 1 amide bonds. The van der Waals surface area contributed by atoms with Crippen LogP contribution in [0.5, 0.6) is 0 Å². The Hall–Kier alpha value is -1.45. The van der Waals surface area contributed by atoms with Crippen molar-refractivity contribution in [2.75, 3.05) is 5.32 Å². The Labute approximate surface area is 69.6 Å². The second kappa shape index (κ2) is 3.30. The van der Waals surface area contributed by atoms with Crippen molar-refractivity contribution in [1.82, 2.24) is 4.98 Å². The molecule has 1 N–H and O–H groups in total. The van der Waals surface area contributed by atoms with Crippen LogP contribution in [0.2, 0.25) is 0 Å². The molecule has 4 heteroatoms. The van der Waals surface area contributed by atoms with Crippen LogP contribution in [0.15, 0.2) is 12.1 Å². The van der Waals surface area contributed by atoms with E-state index < -0.39 is 5.95 Å². The molecular formula is C8H9FN2O. The quantitative estimate of drug-likeness (QED) is 0.645. The molecule has 0 spiro atoms. The van der Waals surface area contributed by atoms with E-state index in [0.29, 0.717) is 11.4 Å². The van der Waals surface area contributed by atoms with Crippen LogP contribution in [-0.2, 0) is 4.79 Å². The average molecular weight is 168 g/mol. The fourth-order valence-electron chi connectivity index (χ4n) is 0.852. The van der Waals surface area contributed by atoms with Crippen LogP contribution in [-0.4, -0.2) is 10.9 Å². The summed E-state index contributed by atoms with van der Waals surface area (Å²) in [7, 11) is 0. The molecule has 0 aliphatic rings. The van der Waals surface area contributed by atoms with E-state index in [1.165, 1.54) is 19.1 Å². The summed E-state index contributed by atoms with van der Waals surface area (Å²) in [6.07, 6.45) is 0. The molecule has 1 heterocycles. The van der Waals surface area contributed by atoms with Gasteiger partial charge in [-0.05, 0) is 19.1 Å². The number of halogens is 1. The highest BCUT2D eigenvalue weighted by Crippen LogP contribution is 2.11. The summed E-state index contributed by atoms with van der Waals surface area (Å²) in [5, 5.41) is 2.53. The number of rotatable bonds is 1. The van der Waals surface area contributed by atoms with Crippen molar-refractivity contribution >= 4 is 11.6 Å². The number of pyridine rings is 1. The second-order valence-corrected chi connectivity index (χ2v) is 2.45. The largest absolute Gasteiger partial charge is 0.325 e. The van der Waals surface area contributed by atoms with E-state index in [1.54, 1.807) is 6.92 Å². The molecule has 64 valence electrons. The highest BCUT2D eigenvalue weighted by Gasteiger charge is 2.01. The van der Waals surface area contributed by atoms with Crippen LogP contribution >= 0.6 is 0 Å². The predicted octanol–water partition coefficient (Wildman–Crippen LogP) is 1.49. The zero-order valence-corrected chi connectivity index (χ0v) is 6.89. The maximum absolute atomic E-state index is 12.5. The molecule has 0 saturated heterocycles. The number of aromatic nitrogens is 1. The summed E-state index contributed by atoms with van der Waals surface area (Å²) in [4.78, 5) is 14.2. The normalized spacial score (nSPS) is 9.58. The number of carbonyl (C=O) groups excluding carboxylic acids is 1. The Morgan fingerprint density at radius 2 is 2.25 bits per heavy atom. The molecule has 0 unspecified atom stereocenters. The average Bonchev–Trinajstić information content (AvgIpc) is 1.94. The van der Waals surface area contributed by atoms with Crippen molar-refractivity contribution in [1.29, 1.82) is 0 Å². The van der Waals surface area contributed by atoms with Gasteiger partial charge in [0.25, 0.3) is 0 Å². The van der Waals surface area contributed by atoms with Crippen molar-refractivity contribution in [2.45, 2.75) is 13.8 Å². The second-order valence-electron chi connectivity index (χ2n) is 2.45. The number of anilines is 1. The highest BCUT2D eigenvalue weighted by atomic mass is 19.1. The zero-order valence-electron chi connectivity index (χ0n) is 6.89. The van der Waals surface area contributed by atoms with Crippen LogP contribution < -0.4 is 5.32 Å². The van der Waals surface area contributed by atoms with Gasteiger partial charge in [0.15, 0.2) is 0 Å². The minimum absolute atomic E-state index is 0.188. The summed E-state index contributed by atoms with van der Waals surface area (Å²) >= 11 is 0. The lowest BCUT2D eigenvalue weighted by molar-refractivity contribution is -0.114. The van der Waals surface area contributed by atoms with Gasteiger partial charge in [-0.25, -0.2) is 4.98 Å². The van der Waals surface area contributed by atoms with E-state index in [9.17, 15) is 9.18 Å². The van der Waals surface area contributed by atoms with E-state index in [-0.39, 0.29) is 5.91 Å². The van der Waals surface area contributed by atoms with Gasteiger partial charge >= 0.3 is 0 Å². The van der Waals surface area contributed by atoms with E-state index in [4.69, 9.17) is 0 Å². The molecule has 0 bridgehead atoms. The van der Waals surface area contributed by atoms with Crippen LogP contribution in [0.3, 0.4) is 0 Å². The predicted molar refractivity (Wildman–Crippen MR) is 43.2 cm³/mol. The fraction of sp³-hybridized carbons (Fsp3) is 0.250. The van der Waals surface area contributed by atoms with Gasteiger partial charge in [-0.15, -0.1) is 0 Å². The summed E-state index contributed by atoms with van der Waals surface area (Å²) in [5.74, 6) is -0.729. The molecule has 0 saturated carbocycles. The maximum atomic E-state index is 12.5. The smallest absolute Gasteiger partial charge is 0.221 e. The first-order valence-electron chi connectivity index (χ1n) is 3.50. The SMILES string of the molecule is CC(=O)Nc1ccc(F)nc1C. The summed E-state index contributed by atoms with van der Waals surface area (Å²) in [6, 6.07) is 2.69. The lowest BCUT2D eigenvalue weighted by Crippen LogP contribution is -2.08. The van der Waals surface area contributed by atoms with E-state index in [0.717, 1.165) is 0 Å². The minimum atomic E-state index is -0.540. The molecule has 1 aromatic rings. The van der Waals surface area contributed by atoms with Gasteiger partial charge in [0, 0.05) is 6.92 Å². The van der Waals surface area contributed by atoms with Crippen LogP contribution in [0.25, 0.3) is 0 Å². The van der Waals surface area contributed by atoms with Crippen LogP contribution in [0.4, 0.5) is 10.1 Å². The monoisotopic (exact) mass is 168 g/mol. The fourth-order valence-corrected chi connectivity index (χ4v) is 0.852. The van der Waals surface area contributed by atoms with Crippen molar-refractivity contribution < 1.29 is 9.18 Å². The van der Waals surface area contributed by atoms with E-state index >= 15 is 0 Å². The third kappa shape index (κ3) is 2.02. The molecule has 1 aromatic heterocycles. The van der Waals surface area contributed by atoms with E-state index in [2.05, 4.69) is 10.3 Å². The standard InChI is InChI=1S/C8H9FN2O/c1-5-7(11-6(2)12)3-4-8(9)10-5/h3-4H,1-2H3,(H,11,12). The number of aryl methyl sites for hydroxylation is 1. The molecule has 3 nitrogen and oxygen atoms in total. The third-order valence-electron chi connectivity index (χ3n) is 1.36. The molecular weight excluding hydrogens is 159 g/mol. The minimum Gasteiger partial charge on any atom is -0.325 e. The van der Waals surface area contributed by atoms with Crippen LogP contribution in [0.1, 0.15) is 12.6 Å². The highest BCUT2D eigenvalue weighted by molar-refractivity contribution is 5.89. The Balaban J connectivity index is 2.93. The van der Waals surface area contributed by atoms with Crippen molar-refractivity contribution in [3.05, 3.63) is 23.8 Å². The molecule has 12 heavy (non-hydrogen) atoms. The summed E-state index contributed by atoms with van der Waals surface area (Å²) in [6.45, 7) is 3.02. The number of amides is 1. The number of hydrogen-bond donors (Lipinski definition) is 1. The number of nitrogens with one attached hydrogen (secondary N) is 1. The van der Waals surface area contributed by atoms with Gasteiger partial charge in [-0.2, -0.15) is 4.39 Å². The number of carbonyl (C=O) groups is 1. The number of nitrogens with zero attached hydrogens (tertiary/aromatic N) is 1. The van der Waals surface area contributed by atoms with Crippen molar-refractivity contribution in [3.8, 4) is 0 Å². The summed E-state index contributed by atoms with van der Waals surface area (Å²) < 4.78 is 12.5. The van der Waals surface area contributed by atoms with Gasteiger partial charge in [-0.1, -0.05) is 0 Å². The Bertz CT molecular complexity index is 312. The summed E-state index contributed by atoms with van der Waals surface area (Å²) in [5.41, 5.74) is 1.02. The Kier molecular flexibility index (Phi) is 2.38. The molecule has 0 fully saturated rings. The van der Waals surface area contributed by atoms with Crippen molar-refractivity contribution in [2.24, 2.45) is 0 Å². The van der Waals surface area contributed by atoms with Gasteiger partial charge in [-0.3, -0.25) is 4.79 Å². The van der Waals surface area contributed by atoms with Crippen molar-refractivity contribution in [3.63, 3.8) is 0 Å². The molecule has 0 aliphatic heterocycles. The maximum Gasteiger partial charge on any atom is 0.221 e. The first-order valence-corrected chi connectivity index (χ1v) is 3.50. The number of hydrogen-bond acceptors (Lipinski definition) is 2. The third-order valence-corrected chi connectivity index (χ3v) is 1.36. The molecule has 0 aromatic carbocycles. The van der Waals surface area contributed by atoms with E-state index in [1.807, 2.05) is 0 Å². The molecule has 0 atom stereocenters. The zero-order chi connectivity index (χ0) is 9.14. The van der Waals surface area contributed by atoms with Gasteiger partial charge < -0.3 is 5.32 Å². The molecule has 1 rings (SSSR count). The Morgan fingerprint density at radius 3 is 2.75 bits per heavy atom. The first-order chi connectivity index (χ1) is 5.59. The van der Waals surface area contributed by atoms with Gasteiger partial charge in [0.2, 0.25) is 11.9 Å². The Morgan fingerprint density at radius 1 is 1.58 bits per heavy atom. The first kappa shape index (κ1) is 8.64.